The van der Waals surface area contributed by atoms with Crippen LogP contribution in [0.2, 0.25) is 5.02 Å². The quantitative estimate of drug-likeness (QED) is 0.855. The number of rotatable bonds is 1. The summed E-state index contributed by atoms with van der Waals surface area (Å²) < 4.78 is 19.3. The number of benzene rings is 2. The first kappa shape index (κ1) is 12.5. The zero-order valence-electron chi connectivity index (χ0n) is 10.1. The molecule has 3 rings (SSSR count). The normalized spacial score (nSPS) is 21.6. The maximum absolute atomic E-state index is 13.4. The van der Waals surface area contributed by atoms with Crippen LogP contribution in [0, 0.1) is 5.82 Å². The predicted octanol–water partition coefficient (Wildman–Crippen LogP) is 4.00. The van der Waals surface area contributed by atoms with Gasteiger partial charge in [0.15, 0.2) is 0 Å². The fraction of sp³-hybridized carbons (Fsp3) is 0.200. The highest BCUT2D eigenvalue weighted by Crippen LogP contribution is 2.39. The van der Waals surface area contributed by atoms with Crippen LogP contribution < -0.4 is 10.5 Å². The van der Waals surface area contributed by atoms with Gasteiger partial charge in [0.2, 0.25) is 0 Å². The van der Waals surface area contributed by atoms with Crippen molar-refractivity contribution in [3.05, 3.63) is 64.4 Å². The summed E-state index contributed by atoms with van der Waals surface area (Å²) in [6.45, 7) is 0. The molecule has 1 aliphatic heterocycles. The van der Waals surface area contributed by atoms with Gasteiger partial charge in [0.25, 0.3) is 0 Å². The second-order valence-corrected chi connectivity index (χ2v) is 5.13. The van der Waals surface area contributed by atoms with Crippen molar-refractivity contribution in [1.82, 2.24) is 0 Å². The van der Waals surface area contributed by atoms with E-state index in [4.69, 9.17) is 22.1 Å². The van der Waals surface area contributed by atoms with E-state index in [2.05, 4.69) is 0 Å². The molecule has 0 radical (unpaired) electrons. The van der Waals surface area contributed by atoms with Gasteiger partial charge in [-0.05, 0) is 29.8 Å². The molecule has 0 aliphatic carbocycles. The SMILES string of the molecule is N[C@@H]1CC(c2cc(F)cc(Cl)c2)Oc2ccccc21. The van der Waals surface area contributed by atoms with E-state index < -0.39 is 0 Å². The van der Waals surface area contributed by atoms with Crippen LogP contribution in [0.25, 0.3) is 0 Å². The van der Waals surface area contributed by atoms with E-state index in [0.29, 0.717) is 11.4 Å². The lowest BCUT2D eigenvalue weighted by Gasteiger charge is -2.30. The molecule has 0 saturated heterocycles. The summed E-state index contributed by atoms with van der Waals surface area (Å²) in [5.41, 5.74) is 7.85. The molecule has 19 heavy (non-hydrogen) atoms. The maximum atomic E-state index is 13.4. The Morgan fingerprint density at radius 1 is 1.21 bits per heavy atom. The molecule has 2 aromatic carbocycles. The van der Waals surface area contributed by atoms with Crippen molar-refractivity contribution in [3.63, 3.8) is 0 Å². The minimum atomic E-state index is -0.362. The van der Waals surface area contributed by atoms with Gasteiger partial charge in [0.1, 0.15) is 17.7 Å². The predicted molar refractivity (Wildman–Crippen MR) is 72.8 cm³/mol. The van der Waals surface area contributed by atoms with Gasteiger partial charge >= 0.3 is 0 Å². The highest BCUT2D eigenvalue weighted by atomic mass is 35.5. The van der Waals surface area contributed by atoms with Crippen molar-refractivity contribution in [2.75, 3.05) is 0 Å². The first-order chi connectivity index (χ1) is 9.13. The summed E-state index contributed by atoms with van der Waals surface area (Å²) in [4.78, 5) is 0. The van der Waals surface area contributed by atoms with Crippen LogP contribution in [0.15, 0.2) is 42.5 Å². The molecule has 2 nitrogen and oxygen atoms in total. The van der Waals surface area contributed by atoms with Gasteiger partial charge < -0.3 is 10.5 Å². The Balaban J connectivity index is 1.96. The largest absolute Gasteiger partial charge is 0.485 e. The smallest absolute Gasteiger partial charge is 0.126 e. The van der Waals surface area contributed by atoms with Gasteiger partial charge in [-0.25, -0.2) is 4.39 Å². The Morgan fingerprint density at radius 3 is 2.79 bits per heavy atom. The van der Waals surface area contributed by atoms with Crippen LogP contribution in [0.4, 0.5) is 4.39 Å². The zero-order valence-corrected chi connectivity index (χ0v) is 10.9. The van der Waals surface area contributed by atoms with Crippen molar-refractivity contribution in [2.24, 2.45) is 5.73 Å². The first-order valence-electron chi connectivity index (χ1n) is 6.10. The van der Waals surface area contributed by atoms with Crippen LogP contribution in [0.3, 0.4) is 0 Å². The van der Waals surface area contributed by atoms with Crippen LogP contribution in [0.1, 0.15) is 29.7 Å². The standard InChI is InChI=1S/C15H13ClFNO/c16-10-5-9(6-11(17)7-10)15-8-13(18)12-3-1-2-4-14(12)19-15/h1-7,13,15H,8,18H2/t13-,15?/m1/s1. The lowest BCUT2D eigenvalue weighted by atomic mass is 9.93. The topological polar surface area (TPSA) is 35.2 Å². The second kappa shape index (κ2) is 4.83. The molecule has 98 valence electrons. The molecule has 0 spiro atoms. The van der Waals surface area contributed by atoms with Crippen LogP contribution in [-0.4, -0.2) is 0 Å². The van der Waals surface area contributed by atoms with Gasteiger partial charge in [0.05, 0.1) is 0 Å². The molecular weight excluding hydrogens is 265 g/mol. The minimum Gasteiger partial charge on any atom is -0.485 e. The highest BCUT2D eigenvalue weighted by molar-refractivity contribution is 6.30. The Kier molecular flexibility index (Phi) is 3.17. The number of hydrogen-bond acceptors (Lipinski definition) is 2. The van der Waals surface area contributed by atoms with Gasteiger partial charge in [-0.1, -0.05) is 29.8 Å². The summed E-state index contributed by atoms with van der Waals surface area (Å²) in [6.07, 6.45) is 0.342. The Hall–Kier alpha value is -1.58. The maximum Gasteiger partial charge on any atom is 0.126 e. The van der Waals surface area contributed by atoms with E-state index in [1.807, 2.05) is 24.3 Å². The average Bonchev–Trinajstić information content (AvgIpc) is 2.37. The van der Waals surface area contributed by atoms with E-state index in [0.717, 1.165) is 16.9 Å². The molecule has 0 fully saturated rings. The number of ether oxygens (including phenoxy) is 1. The van der Waals surface area contributed by atoms with E-state index in [1.54, 1.807) is 6.07 Å². The molecule has 0 bridgehead atoms. The summed E-state index contributed by atoms with van der Waals surface area (Å²) in [5.74, 6) is 0.394. The molecule has 2 aromatic rings. The third kappa shape index (κ3) is 2.44. The Bertz CT molecular complexity index is 597. The van der Waals surface area contributed by atoms with Gasteiger partial charge in [0, 0.05) is 23.0 Å². The summed E-state index contributed by atoms with van der Waals surface area (Å²) in [6, 6.07) is 12.0. The van der Waals surface area contributed by atoms with Crippen molar-refractivity contribution in [3.8, 4) is 5.75 Å². The third-order valence-electron chi connectivity index (χ3n) is 3.31. The zero-order chi connectivity index (χ0) is 13.4. The van der Waals surface area contributed by atoms with E-state index >= 15 is 0 Å². The summed E-state index contributed by atoms with van der Waals surface area (Å²) in [7, 11) is 0. The molecule has 1 heterocycles. The Morgan fingerprint density at radius 2 is 2.00 bits per heavy atom. The van der Waals surface area contributed by atoms with Gasteiger partial charge in [-0.2, -0.15) is 0 Å². The van der Waals surface area contributed by atoms with Crippen LogP contribution in [0.5, 0.6) is 5.75 Å². The monoisotopic (exact) mass is 277 g/mol. The molecule has 2 N–H and O–H groups in total. The van der Waals surface area contributed by atoms with Crippen LogP contribution in [-0.2, 0) is 0 Å². The number of halogens is 2. The molecule has 4 heteroatoms. The number of fused-ring (bicyclic) bond motifs is 1. The number of hydrogen-bond donors (Lipinski definition) is 1. The fourth-order valence-electron chi connectivity index (χ4n) is 2.42. The van der Waals surface area contributed by atoms with Crippen molar-refractivity contribution >= 4 is 11.6 Å². The Labute approximate surface area is 115 Å². The van der Waals surface area contributed by atoms with E-state index in [9.17, 15) is 4.39 Å². The van der Waals surface area contributed by atoms with Crippen molar-refractivity contribution in [2.45, 2.75) is 18.6 Å². The molecule has 1 aliphatic rings. The number of nitrogens with two attached hydrogens (primary N) is 1. The fourth-order valence-corrected chi connectivity index (χ4v) is 2.65. The molecule has 0 amide bonds. The first-order valence-corrected chi connectivity index (χ1v) is 6.48. The average molecular weight is 278 g/mol. The second-order valence-electron chi connectivity index (χ2n) is 4.69. The van der Waals surface area contributed by atoms with E-state index in [1.165, 1.54) is 12.1 Å². The molecule has 0 aromatic heterocycles. The van der Waals surface area contributed by atoms with Gasteiger partial charge in [-0.15, -0.1) is 0 Å². The summed E-state index contributed by atoms with van der Waals surface area (Å²) >= 11 is 5.88. The van der Waals surface area contributed by atoms with Crippen molar-refractivity contribution < 1.29 is 9.13 Å². The minimum absolute atomic E-state index is 0.114. The van der Waals surface area contributed by atoms with Crippen LogP contribution >= 0.6 is 11.6 Å². The molecule has 1 unspecified atom stereocenters. The highest BCUT2D eigenvalue weighted by Gasteiger charge is 2.27. The third-order valence-corrected chi connectivity index (χ3v) is 3.53. The van der Waals surface area contributed by atoms with Crippen molar-refractivity contribution in [1.29, 1.82) is 0 Å². The van der Waals surface area contributed by atoms with Gasteiger partial charge in [-0.3, -0.25) is 0 Å². The van der Waals surface area contributed by atoms with E-state index in [-0.39, 0.29) is 18.0 Å². The lowest BCUT2D eigenvalue weighted by Crippen LogP contribution is -2.24. The molecular formula is C15H13ClFNO. The summed E-state index contributed by atoms with van der Waals surface area (Å²) in [5, 5.41) is 0.367. The number of para-hydroxylation sites is 1. The molecule has 2 atom stereocenters. The molecule has 0 saturated carbocycles. The lowest BCUT2D eigenvalue weighted by molar-refractivity contribution is 0.161.